The highest BCUT2D eigenvalue weighted by Gasteiger charge is 2.24. The summed E-state index contributed by atoms with van der Waals surface area (Å²) < 4.78 is 0.302. The molecule has 0 atom stereocenters. The average Bonchev–Trinajstić information content (AvgIpc) is 2.69. The zero-order chi connectivity index (χ0) is 10.8. The maximum atomic E-state index is 11.2. The maximum absolute atomic E-state index is 11.2. The van der Waals surface area contributed by atoms with E-state index < -0.39 is 5.97 Å². The molecule has 0 unspecified atom stereocenters. The number of thioether (sulfide) groups is 2. The second-order valence-corrected chi connectivity index (χ2v) is 6.14. The van der Waals surface area contributed by atoms with Gasteiger partial charge in [0, 0.05) is 11.5 Å². The Morgan fingerprint density at radius 2 is 2.07 bits per heavy atom. The zero-order valence-corrected chi connectivity index (χ0v) is 10.0. The van der Waals surface area contributed by atoms with Gasteiger partial charge in [-0.15, -0.1) is 23.5 Å². The lowest BCUT2D eigenvalue weighted by molar-refractivity contribution is 0.0695. The van der Waals surface area contributed by atoms with Crippen molar-refractivity contribution in [3.63, 3.8) is 0 Å². The van der Waals surface area contributed by atoms with Crippen molar-refractivity contribution in [3.05, 3.63) is 34.9 Å². The normalized spacial score (nSPS) is 16.9. The molecule has 1 aliphatic heterocycles. The van der Waals surface area contributed by atoms with Crippen LogP contribution in [-0.2, 0) is 0 Å². The predicted molar refractivity (Wildman–Crippen MR) is 65.8 cm³/mol. The van der Waals surface area contributed by atoms with E-state index in [0.29, 0.717) is 10.1 Å². The molecule has 2 rings (SSSR count). The first-order valence-corrected chi connectivity index (χ1v) is 6.86. The van der Waals surface area contributed by atoms with E-state index in [1.54, 1.807) is 0 Å². The van der Waals surface area contributed by atoms with E-state index in [0.717, 1.165) is 22.6 Å². The summed E-state index contributed by atoms with van der Waals surface area (Å²) in [6.45, 7) is 1.86. The van der Waals surface area contributed by atoms with Crippen LogP contribution in [0.2, 0.25) is 0 Å². The summed E-state index contributed by atoms with van der Waals surface area (Å²) in [4.78, 5) is 11.2. The van der Waals surface area contributed by atoms with Crippen LogP contribution in [0, 0.1) is 6.92 Å². The fourth-order valence-electron chi connectivity index (χ4n) is 1.72. The van der Waals surface area contributed by atoms with Crippen molar-refractivity contribution in [2.75, 3.05) is 11.5 Å². The van der Waals surface area contributed by atoms with Crippen molar-refractivity contribution in [2.24, 2.45) is 0 Å². The molecule has 1 N–H and O–H groups in total. The van der Waals surface area contributed by atoms with Gasteiger partial charge in [0.15, 0.2) is 0 Å². The lowest BCUT2D eigenvalue weighted by Gasteiger charge is -2.13. The van der Waals surface area contributed by atoms with E-state index in [2.05, 4.69) is 0 Å². The molecule has 1 aliphatic rings. The summed E-state index contributed by atoms with van der Waals surface area (Å²) in [6, 6.07) is 5.74. The van der Waals surface area contributed by atoms with Gasteiger partial charge in [-0.25, -0.2) is 4.79 Å². The number of hydrogen-bond acceptors (Lipinski definition) is 3. The van der Waals surface area contributed by atoms with Gasteiger partial charge in [-0.1, -0.05) is 18.2 Å². The number of carboxylic acids is 1. The van der Waals surface area contributed by atoms with Crippen molar-refractivity contribution in [2.45, 2.75) is 11.5 Å². The molecule has 1 fully saturated rings. The standard InChI is InChI=1S/C11H12O2S2/c1-7-3-2-4-8(9(7)10(12)13)11-14-5-6-15-11/h2-4,11H,5-6H2,1H3,(H,12,13). The van der Waals surface area contributed by atoms with Crippen LogP contribution in [0.4, 0.5) is 0 Å². The molecule has 1 aromatic rings. The first kappa shape index (κ1) is 10.9. The largest absolute Gasteiger partial charge is 0.478 e. The van der Waals surface area contributed by atoms with Crippen LogP contribution in [0.3, 0.4) is 0 Å². The number of carbonyl (C=O) groups is 1. The van der Waals surface area contributed by atoms with Gasteiger partial charge in [-0.2, -0.15) is 0 Å². The molecule has 80 valence electrons. The third-order valence-corrected chi connectivity index (χ3v) is 5.46. The Hall–Kier alpha value is -0.610. The summed E-state index contributed by atoms with van der Waals surface area (Å²) in [5, 5.41) is 9.19. The maximum Gasteiger partial charge on any atom is 0.336 e. The second kappa shape index (κ2) is 4.49. The molecular formula is C11H12O2S2. The van der Waals surface area contributed by atoms with Crippen molar-refractivity contribution in [3.8, 4) is 0 Å². The minimum atomic E-state index is -0.809. The summed E-state index contributed by atoms with van der Waals surface area (Å²) >= 11 is 3.67. The molecular weight excluding hydrogens is 228 g/mol. The first-order chi connectivity index (χ1) is 7.20. The topological polar surface area (TPSA) is 37.3 Å². The quantitative estimate of drug-likeness (QED) is 0.861. The number of aryl methyl sites for hydroxylation is 1. The molecule has 0 saturated carbocycles. The van der Waals surface area contributed by atoms with Crippen molar-refractivity contribution in [1.29, 1.82) is 0 Å². The molecule has 2 nitrogen and oxygen atoms in total. The van der Waals surface area contributed by atoms with Gasteiger partial charge in [-0.05, 0) is 18.1 Å². The number of benzene rings is 1. The van der Waals surface area contributed by atoms with Crippen molar-refractivity contribution in [1.82, 2.24) is 0 Å². The van der Waals surface area contributed by atoms with Crippen molar-refractivity contribution >= 4 is 29.5 Å². The van der Waals surface area contributed by atoms with E-state index in [1.807, 2.05) is 48.6 Å². The van der Waals surface area contributed by atoms with Gasteiger partial charge >= 0.3 is 5.97 Å². The fraction of sp³-hybridized carbons (Fsp3) is 0.364. The summed E-state index contributed by atoms with van der Waals surface area (Å²) in [6.07, 6.45) is 0. The monoisotopic (exact) mass is 240 g/mol. The Bertz CT molecular complexity index is 384. The SMILES string of the molecule is Cc1cccc(C2SCCS2)c1C(=O)O. The molecule has 0 radical (unpaired) electrons. The van der Waals surface area contributed by atoms with E-state index in [9.17, 15) is 9.90 Å². The Morgan fingerprint density at radius 1 is 1.40 bits per heavy atom. The summed E-state index contributed by atoms with van der Waals surface area (Å²) in [5.74, 6) is 1.42. The summed E-state index contributed by atoms with van der Waals surface area (Å²) in [7, 11) is 0. The first-order valence-electron chi connectivity index (χ1n) is 4.76. The Balaban J connectivity index is 2.45. The molecule has 1 heterocycles. The average molecular weight is 240 g/mol. The predicted octanol–water partition coefficient (Wildman–Crippen LogP) is 3.17. The molecule has 0 bridgehead atoms. The highest BCUT2D eigenvalue weighted by Crippen LogP contribution is 2.46. The zero-order valence-electron chi connectivity index (χ0n) is 8.40. The molecule has 0 spiro atoms. The third-order valence-electron chi connectivity index (χ3n) is 2.39. The van der Waals surface area contributed by atoms with Gasteiger partial charge < -0.3 is 5.11 Å². The van der Waals surface area contributed by atoms with Crippen LogP contribution in [-0.4, -0.2) is 22.6 Å². The minimum Gasteiger partial charge on any atom is -0.478 e. The Labute approximate surface area is 97.5 Å². The van der Waals surface area contributed by atoms with Crippen molar-refractivity contribution < 1.29 is 9.90 Å². The van der Waals surface area contributed by atoms with E-state index >= 15 is 0 Å². The Kier molecular flexibility index (Phi) is 3.26. The fourth-order valence-corrected chi connectivity index (χ4v) is 4.63. The lowest BCUT2D eigenvalue weighted by Crippen LogP contribution is -2.05. The smallest absolute Gasteiger partial charge is 0.336 e. The van der Waals surface area contributed by atoms with Crippen LogP contribution < -0.4 is 0 Å². The highest BCUT2D eigenvalue weighted by atomic mass is 32.2. The van der Waals surface area contributed by atoms with Crippen LogP contribution in [0.5, 0.6) is 0 Å². The highest BCUT2D eigenvalue weighted by molar-refractivity contribution is 8.19. The van der Waals surface area contributed by atoms with Crippen LogP contribution in [0.25, 0.3) is 0 Å². The molecule has 1 aromatic carbocycles. The second-order valence-electron chi connectivity index (χ2n) is 3.42. The van der Waals surface area contributed by atoms with Gasteiger partial charge in [0.2, 0.25) is 0 Å². The summed E-state index contributed by atoms with van der Waals surface area (Å²) in [5.41, 5.74) is 2.31. The van der Waals surface area contributed by atoms with E-state index in [-0.39, 0.29) is 0 Å². The number of hydrogen-bond donors (Lipinski definition) is 1. The minimum absolute atomic E-state index is 0.302. The molecule has 15 heavy (non-hydrogen) atoms. The molecule has 0 amide bonds. The lowest BCUT2D eigenvalue weighted by atomic mass is 10.0. The number of aromatic carboxylic acids is 1. The molecule has 4 heteroatoms. The molecule has 0 aromatic heterocycles. The van der Waals surface area contributed by atoms with Gasteiger partial charge in [0.05, 0.1) is 10.1 Å². The molecule has 1 saturated heterocycles. The van der Waals surface area contributed by atoms with E-state index in [4.69, 9.17) is 0 Å². The number of rotatable bonds is 2. The van der Waals surface area contributed by atoms with Crippen LogP contribution in [0.1, 0.15) is 26.1 Å². The number of carboxylic acid groups (broad SMARTS) is 1. The molecule has 0 aliphatic carbocycles. The van der Waals surface area contributed by atoms with Gasteiger partial charge in [-0.3, -0.25) is 0 Å². The third kappa shape index (κ3) is 2.16. The van der Waals surface area contributed by atoms with Crippen LogP contribution in [0.15, 0.2) is 18.2 Å². The van der Waals surface area contributed by atoms with Crippen LogP contribution >= 0.6 is 23.5 Å². The van der Waals surface area contributed by atoms with Gasteiger partial charge in [0.25, 0.3) is 0 Å². The van der Waals surface area contributed by atoms with Gasteiger partial charge in [0.1, 0.15) is 0 Å². The van der Waals surface area contributed by atoms with E-state index in [1.165, 1.54) is 0 Å². The Morgan fingerprint density at radius 3 is 2.67 bits per heavy atom.